The van der Waals surface area contributed by atoms with Gasteiger partial charge < -0.3 is 4.84 Å². The molecule has 1 aliphatic rings. The summed E-state index contributed by atoms with van der Waals surface area (Å²) in [6, 6.07) is 0. The molecular formula is C22H33NO4. The Morgan fingerprint density at radius 1 is 0.852 bits per heavy atom. The van der Waals surface area contributed by atoms with E-state index < -0.39 is 17.8 Å². The van der Waals surface area contributed by atoms with Gasteiger partial charge >= 0.3 is 5.97 Å². The first-order valence-electron chi connectivity index (χ1n) is 10.2. The lowest BCUT2D eigenvalue weighted by atomic mass is 10.2. The Morgan fingerprint density at radius 3 is 1.93 bits per heavy atom. The van der Waals surface area contributed by atoms with Gasteiger partial charge in [-0.25, -0.2) is 4.79 Å². The fourth-order valence-electron chi connectivity index (χ4n) is 2.63. The molecule has 1 rings (SSSR count). The molecule has 0 bridgehead atoms. The van der Waals surface area contributed by atoms with Crippen molar-refractivity contribution in [2.45, 2.75) is 84.0 Å². The fourth-order valence-corrected chi connectivity index (χ4v) is 2.63. The zero-order chi connectivity index (χ0) is 19.7. The van der Waals surface area contributed by atoms with E-state index in [0.29, 0.717) is 11.5 Å². The Kier molecular flexibility index (Phi) is 12.7. The van der Waals surface area contributed by atoms with Crippen molar-refractivity contribution >= 4 is 17.8 Å². The molecule has 1 saturated heterocycles. The van der Waals surface area contributed by atoms with Crippen molar-refractivity contribution in [3.05, 3.63) is 36.5 Å². The molecule has 0 N–H and O–H groups in total. The van der Waals surface area contributed by atoms with Gasteiger partial charge in [0, 0.05) is 19.3 Å². The molecule has 5 nitrogen and oxygen atoms in total. The van der Waals surface area contributed by atoms with Crippen molar-refractivity contribution in [3.8, 4) is 0 Å². The molecule has 150 valence electrons. The topological polar surface area (TPSA) is 63.7 Å². The van der Waals surface area contributed by atoms with Crippen LogP contribution >= 0.6 is 0 Å². The van der Waals surface area contributed by atoms with Crippen LogP contribution in [0.25, 0.3) is 0 Å². The molecular weight excluding hydrogens is 342 g/mol. The first-order chi connectivity index (χ1) is 13.1. The van der Waals surface area contributed by atoms with Crippen LogP contribution in [0.4, 0.5) is 0 Å². The number of unbranched alkanes of at least 4 members (excludes halogenated alkanes) is 5. The average molecular weight is 376 g/mol. The van der Waals surface area contributed by atoms with Crippen molar-refractivity contribution < 1.29 is 19.2 Å². The standard InChI is InChI=1S/C22H33NO4/c1-2-3-4-5-6-7-8-9-10-11-12-13-14-15-16-17-22(26)27-23-20(24)18-19-21(23)25/h6-7,9-10,12-13H,2-5,8,11,14-19H2,1H3/b7-6-,10-9-,13-12-. The molecule has 0 aromatic carbocycles. The Hall–Kier alpha value is -2.17. The molecule has 0 saturated carbocycles. The molecule has 0 spiro atoms. The van der Waals surface area contributed by atoms with Crippen molar-refractivity contribution in [2.24, 2.45) is 0 Å². The molecule has 0 unspecified atom stereocenters. The largest absolute Gasteiger partial charge is 0.333 e. The van der Waals surface area contributed by atoms with Crippen molar-refractivity contribution in [1.82, 2.24) is 5.06 Å². The maximum atomic E-state index is 11.6. The van der Waals surface area contributed by atoms with Gasteiger partial charge in [-0.1, -0.05) is 56.2 Å². The van der Waals surface area contributed by atoms with Crippen LogP contribution in [-0.4, -0.2) is 22.8 Å². The summed E-state index contributed by atoms with van der Waals surface area (Å²) in [5, 5.41) is 0.606. The van der Waals surface area contributed by atoms with E-state index in [1.807, 2.05) is 0 Å². The lowest BCUT2D eigenvalue weighted by Gasteiger charge is -2.12. The minimum absolute atomic E-state index is 0.126. The van der Waals surface area contributed by atoms with Gasteiger partial charge in [0.25, 0.3) is 11.8 Å². The van der Waals surface area contributed by atoms with Gasteiger partial charge in [0.05, 0.1) is 0 Å². The number of carbonyl (C=O) groups excluding carboxylic acids is 3. The van der Waals surface area contributed by atoms with Crippen LogP contribution in [0.3, 0.4) is 0 Å². The normalized spacial score (nSPS) is 15.1. The summed E-state index contributed by atoms with van der Waals surface area (Å²) in [4.78, 5) is 39.1. The number of amides is 2. The summed E-state index contributed by atoms with van der Waals surface area (Å²) < 4.78 is 0. The maximum absolute atomic E-state index is 11.6. The number of hydrogen-bond donors (Lipinski definition) is 0. The van der Waals surface area contributed by atoms with Gasteiger partial charge in [0.1, 0.15) is 0 Å². The molecule has 1 aliphatic heterocycles. The third-order valence-electron chi connectivity index (χ3n) is 4.22. The Bertz CT molecular complexity index is 533. The SMILES string of the molecule is CCCCC/C=C\C/C=C\C/C=C\CCCCC(=O)ON1C(=O)CCC1=O. The Labute approximate surface area is 163 Å². The van der Waals surface area contributed by atoms with E-state index in [9.17, 15) is 14.4 Å². The van der Waals surface area contributed by atoms with Gasteiger partial charge in [-0.2, -0.15) is 0 Å². The summed E-state index contributed by atoms with van der Waals surface area (Å²) >= 11 is 0. The second-order valence-electron chi connectivity index (χ2n) is 6.67. The smallest absolute Gasteiger partial charge is 0.330 e. The van der Waals surface area contributed by atoms with E-state index in [1.165, 1.54) is 25.7 Å². The molecule has 5 heteroatoms. The summed E-state index contributed by atoms with van der Waals surface area (Å²) in [7, 11) is 0. The summed E-state index contributed by atoms with van der Waals surface area (Å²) in [6.45, 7) is 2.22. The van der Waals surface area contributed by atoms with Crippen LogP contribution in [0.2, 0.25) is 0 Å². The molecule has 0 atom stereocenters. The number of nitrogens with zero attached hydrogens (tertiary/aromatic N) is 1. The zero-order valence-corrected chi connectivity index (χ0v) is 16.5. The number of carbonyl (C=O) groups is 3. The van der Waals surface area contributed by atoms with E-state index in [4.69, 9.17) is 4.84 Å². The van der Waals surface area contributed by atoms with Crippen molar-refractivity contribution in [1.29, 1.82) is 0 Å². The number of imide groups is 1. The molecule has 0 aliphatic carbocycles. The molecule has 1 heterocycles. The highest BCUT2D eigenvalue weighted by Gasteiger charge is 2.32. The van der Waals surface area contributed by atoms with Crippen molar-refractivity contribution in [3.63, 3.8) is 0 Å². The average Bonchev–Trinajstić information content (AvgIpc) is 2.97. The number of hydroxylamine groups is 2. The van der Waals surface area contributed by atoms with Crippen LogP contribution in [0.15, 0.2) is 36.5 Å². The van der Waals surface area contributed by atoms with Gasteiger partial charge in [-0.05, 0) is 44.9 Å². The first kappa shape index (κ1) is 22.9. The van der Waals surface area contributed by atoms with E-state index in [1.54, 1.807) is 0 Å². The van der Waals surface area contributed by atoms with Crippen LogP contribution in [0.5, 0.6) is 0 Å². The van der Waals surface area contributed by atoms with Gasteiger partial charge in [-0.15, -0.1) is 5.06 Å². The lowest BCUT2D eigenvalue weighted by molar-refractivity contribution is -0.197. The minimum atomic E-state index is -0.520. The van der Waals surface area contributed by atoms with Crippen LogP contribution < -0.4 is 0 Å². The van der Waals surface area contributed by atoms with E-state index in [0.717, 1.165) is 25.7 Å². The van der Waals surface area contributed by atoms with E-state index in [-0.39, 0.29) is 19.3 Å². The Morgan fingerprint density at radius 2 is 1.37 bits per heavy atom. The van der Waals surface area contributed by atoms with Crippen LogP contribution in [0.1, 0.15) is 84.0 Å². The second kappa shape index (κ2) is 14.9. The molecule has 0 radical (unpaired) electrons. The highest BCUT2D eigenvalue weighted by atomic mass is 16.7. The second-order valence-corrected chi connectivity index (χ2v) is 6.67. The van der Waals surface area contributed by atoms with Gasteiger partial charge in [0.2, 0.25) is 0 Å². The highest BCUT2D eigenvalue weighted by molar-refractivity contribution is 6.01. The fraction of sp³-hybridized carbons (Fsp3) is 0.591. The lowest BCUT2D eigenvalue weighted by Crippen LogP contribution is -2.31. The minimum Gasteiger partial charge on any atom is -0.330 e. The van der Waals surface area contributed by atoms with E-state index >= 15 is 0 Å². The third kappa shape index (κ3) is 11.2. The molecule has 1 fully saturated rings. The highest BCUT2D eigenvalue weighted by Crippen LogP contribution is 2.13. The molecule has 0 aromatic heterocycles. The molecule has 0 aromatic rings. The maximum Gasteiger partial charge on any atom is 0.333 e. The zero-order valence-electron chi connectivity index (χ0n) is 16.5. The predicted molar refractivity (Wildman–Crippen MR) is 106 cm³/mol. The van der Waals surface area contributed by atoms with Gasteiger partial charge in [-0.3, -0.25) is 9.59 Å². The number of rotatable bonds is 14. The summed E-state index contributed by atoms with van der Waals surface area (Å²) in [6.07, 6.45) is 22.9. The first-order valence-corrected chi connectivity index (χ1v) is 10.2. The monoisotopic (exact) mass is 375 g/mol. The van der Waals surface area contributed by atoms with Crippen LogP contribution in [0, 0.1) is 0 Å². The number of allylic oxidation sites excluding steroid dienone is 6. The Balaban J connectivity index is 1.97. The quantitative estimate of drug-likeness (QED) is 0.238. The molecule has 2 amide bonds. The van der Waals surface area contributed by atoms with Crippen molar-refractivity contribution in [2.75, 3.05) is 0 Å². The molecule has 27 heavy (non-hydrogen) atoms. The third-order valence-corrected chi connectivity index (χ3v) is 4.22. The summed E-state index contributed by atoms with van der Waals surface area (Å²) in [5.74, 6) is -1.39. The van der Waals surface area contributed by atoms with E-state index in [2.05, 4.69) is 43.4 Å². The summed E-state index contributed by atoms with van der Waals surface area (Å²) in [5.41, 5.74) is 0. The van der Waals surface area contributed by atoms with Crippen LogP contribution in [-0.2, 0) is 19.2 Å². The van der Waals surface area contributed by atoms with Gasteiger partial charge in [0.15, 0.2) is 0 Å². The predicted octanol–water partition coefficient (Wildman–Crippen LogP) is 5.18. The number of hydrogen-bond acceptors (Lipinski definition) is 4.